The third kappa shape index (κ3) is 4.28. The van der Waals surface area contributed by atoms with Gasteiger partial charge >= 0.3 is 12.0 Å². The van der Waals surface area contributed by atoms with Gasteiger partial charge in [-0.25, -0.2) is 9.97 Å². The second kappa shape index (κ2) is 8.50. The lowest BCUT2D eigenvalue weighted by Crippen LogP contribution is -2.19. The van der Waals surface area contributed by atoms with Gasteiger partial charge in [-0.1, -0.05) is 19.0 Å². The van der Waals surface area contributed by atoms with Crippen LogP contribution in [0.4, 0.5) is 0 Å². The molecule has 0 saturated heterocycles. The summed E-state index contributed by atoms with van der Waals surface area (Å²) in [6.45, 7) is 3.96. The van der Waals surface area contributed by atoms with Crippen LogP contribution in [0.15, 0.2) is 23.0 Å². The average molecular weight is 373 g/mol. The highest BCUT2D eigenvalue weighted by Gasteiger charge is 2.31. The molecule has 0 aromatic carbocycles. The van der Waals surface area contributed by atoms with E-state index in [1.165, 1.54) is 7.11 Å². The van der Waals surface area contributed by atoms with Gasteiger partial charge in [0.05, 0.1) is 19.9 Å². The van der Waals surface area contributed by atoms with Crippen LogP contribution in [0, 0.1) is 5.92 Å². The lowest BCUT2D eigenvalue weighted by molar-refractivity contribution is -0.144. The van der Waals surface area contributed by atoms with E-state index in [4.69, 9.17) is 14.0 Å². The summed E-state index contributed by atoms with van der Waals surface area (Å²) in [6.07, 6.45) is 7.85. The molecule has 0 N–H and O–H groups in total. The summed E-state index contributed by atoms with van der Waals surface area (Å²) in [5, 5.41) is 4.26. The van der Waals surface area contributed by atoms with Crippen LogP contribution in [-0.2, 0) is 9.53 Å². The van der Waals surface area contributed by atoms with E-state index in [-0.39, 0.29) is 11.9 Å². The highest BCUT2D eigenvalue weighted by Crippen LogP contribution is 2.40. The number of carbonyl (C=O) groups is 1. The van der Waals surface area contributed by atoms with E-state index in [2.05, 4.69) is 15.1 Å². The zero-order valence-corrected chi connectivity index (χ0v) is 16.3. The number of hydrogen-bond acceptors (Lipinski definition) is 7. The van der Waals surface area contributed by atoms with Crippen LogP contribution in [0.5, 0.6) is 6.01 Å². The van der Waals surface area contributed by atoms with Gasteiger partial charge in [0.2, 0.25) is 0 Å². The molecular formula is C20H27N3O4. The summed E-state index contributed by atoms with van der Waals surface area (Å²) in [7, 11) is 2.97. The monoisotopic (exact) mass is 373 g/mol. The fourth-order valence-corrected chi connectivity index (χ4v) is 3.85. The second-order valence-electron chi connectivity index (χ2n) is 7.45. The maximum Gasteiger partial charge on any atom is 0.316 e. The smallest absolute Gasteiger partial charge is 0.316 e. The molecule has 7 heteroatoms. The highest BCUT2D eigenvalue weighted by atomic mass is 16.5. The van der Waals surface area contributed by atoms with Gasteiger partial charge < -0.3 is 14.0 Å². The van der Waals surface area contributed by atoms with Crippen molar-refractivity contribution in [3.8, 4) is 6.01 Å². The minimum absolute atomic E-state index is 0.0871. The molecule has 0 spiro atoms. The lowest BCUT2D eigenvalue weighted by atomic mass is 9.78. The maximum atomic E-state index is 12.1. The minimum atomic E-state index is -0.413. The van der Waals surface area contributed by atoms with E-state index in [0.29, 0.717) is 23.6 Å². The molecule has 146 valence electrons. The predicted molar refractivity (Wildman–Crippen MR) is 98.6 cm³/mol. The number of hydrogen-bond donors (Lipinski definition) is 0. The van der Waals surface area contributed by atoms with Gasteiger partial charge in [-0.05, 0) is 43.1 Å². The van der Waals surface area contributed by atoms with Crippen LogP contribution in [0.25, 0.3) is 0 Å². The Balaban J connectivity index is 1.64. The molecule has 1 atom stereocenters. The Morgan fingerprint density at radius 1 is 1.11 bits per heavy atom. The number of rotatable bonds is 6. The van der Waals surface area contributed by atoms with Gasteiger partial charge in [-0.2, -0.15) is 0 Å². The number of nitrogens with zero attached hydrogens (tertiary/aromatic N) is 3. The molecule has 1 saturated carbocycles. The Morgan fingerprint density at radius 2 is 1.74 bits per heavy atom. The van der Waals surface area contributed by atoms with Crippen LogP contribution < -0.4 is 4.74 Å². The van der Waals surface area contributed by atoms with Gasteiger partial charge in [0.25, 0.3) is 0 Å². The van der Waals surface area contributed by atoms with Crippen molar-refractivity contribution in [2.24, 2.45) is 5.92 Å². The molecule has 2 aromatic heterocycles. The van der Waals surface area contributed by atoms with Crippen LogP contribution in [-0.4, -0.2) is 35.3 Å². The molecule has 0 radical (unpaired) electrons. The molecule has 1 aliphatic rings. The van der Waals surface area contributed by atoms with Crippen molar-refractivity contribution in [3.63, 3.8) is 0 Å². The summed E-state index contributed by atoms with van der Waals surface area (Å²) in [5.74, 6) is 0.793. The Hall–Kier alpha value is -2.44. The minimum Gasteiger partial charge on any atom is -0.468 e. The molecule has 1 fully saturated rings. The zero-order valence-electron chi connectivity index (χ0n) is 16.3. The molecule has 7 nitrogen and oxygen atoms in total. The van der Waals surface area contributed by atoms with Crippen LogP contribution in [0.3, 0.4) is 0 Å². The number of aromatic nitrogens is 3. The summed E-state index contributed by atoms with van der Waals surface area (Å²) >= 11 is 0. The molecule has 0 bridgehead atoms. The van der Waals surface area contributed by atoms with E-state index in [9.17, 15) is 4.79 Å². The summed E-state index contributed by atoms with van der Waals surface area (Å²) in [5.41, 5.74) is 2.09. The van der Waals surface area contributed by atoms with Crippen molar-refractivity contribution in [2.45, 2.75) is 57.3 Å². The SMILES string of the molecule is COC(=O)C(c1cc(C2CCC(c3cnc(OC)nc3)CC2)no1)C(C)C. The van der Waals surface area contributed by atoms with E-state index in [1.807, 2.05) is 32.3 Å². The predicted octanol–water partition coefficient (Wildman–Crippen LogP) is 3.83. The number of ether oxygens (including phenoxy) is 2. The van der Waals surface area contributed by atoms with E-state index >= 15 is 0 Å². The molecule has 3 rings (SSSR count). The Morgan fingerprint density at radius 3 is 2.30 bits per heavy atom. The van der Waals surface area contributed by atoms with Gasteiger partial charge in [-0.15, -0.1) is 0 Å². The molecule has 1 aliphatic carbocycles. The first-order valence-corrected chi connectivity index (χ1v) is 9.43. The normalized spacial score (nSPS) is 21.1. The van der Waals surface area contributed by atoms with E-state index < -0.39 is 5.92 Å². The molecule has 27 heavy (non-hydrogen) atoms. The Bertz CT molecular complexity index is 749. The summed E-state index contributed by atoms with van der Waals surface area (Å²) in [6, 6.07) is 2.33. The van der Waals surface area contributed by atoms with Crippen molar-refractivity contribution in [3.05, 3.63) is 35.5 Å². The van der Waals surface area contributed by atoms with Crippen molar-refractivity contribution >= 4 is 5.97 Å². The maximum absolute atomic E-state index is 12.1. The van der Waals surface area contributed by atoms with Gasteiger partial charge in [0.15, 0.2) is 5.76 Å². The van der Waals surface area contributed by atoms with Crippen molar-refractivity contribution in [2.75, 3.05) is 14.2 Å². The van der Waals surface area contributed by atoms with Crippen molar-refractivity contribution in [1.82, 2.24) is 15.1 Å². The van der Waals surface area contributed by atoms with E-state index in [1.54, 1.807) is 7.11 Å². The van der Waals surface area contributed by atoms with Gasteiger partial charge in [0.1, 0.15) is 5.92 Å². The summed E-state index contributed by atoms with van der Waals surface area (Å²) < 4.78 is 15.5. The fraction of sp³-hybridized carbons (Fsp3) is 0.600. The summed E-state index contributed by atoms with van der Waals surface area (Å²) in [4.78, 5) is 20.5. The van der Waals surface area contributed by atoms with E-state index in [0.717, 1.165) is 36.9 Å². The Kier molecular flexibility index (Phi) is 6.08. The van der Waals surface area contributed by atoms with Crippen LogP contribution in [0.1, 0.15) is 74.3 Å². The Labute approximate surface area is 159 Å². The van der Waals surface area contributed by atoms with Crippen LogP contribution in [0.2, 0.25) is 0 Å². The molecule has 2 heterocycles. The molecule has 0 amide bonds. The molecule has 2 aromatic rings. The second-order valence-corrected chi connectivity index (χ2v) is 7.45. The lowest BCUT2D eigenvalue weighted by Gasteiger charge is -2.27. The first-order valence-electron chi connectivity index (χ1n) is 9.43. The quantitative estimate of drug-likeness (QED) is 0.711. The molecule has 0 aliphatic heterocycles. The number of methoxy groups -OCH3 is 2. The van der Waals surface area contributed by atoms with Crippen molar-refractivity contribution < 1.29 is 18.8 Å². The van der Waals surface area contributed by atoms with Crippen LogP contribution >= 0.6 is 0 Å². The topological polar surface area (TPSA) is 87.3 Å². The van der Waals surface area contributed by atoms with Gasteiger partial charge in [-0.3, -0.25) is 4.79 Å². The van der Waals surface area contributed by atoms with Crippen molar-refractivity contribution in [1.29, 1.82) is 0 Å². The number of esters is 1. The third-order valence-electron chi connectivity index (χ3n) is 5.42. The first kappa shape index (κ1) is 19.3. The molecule has 1 unspecified atom stereocenters. The molecular weight excluding hydrogens is 346 g/mol. The zero-order chi connectivity index (χ0) is 19.4. The first-order chi connectivity index (χ1) is 13.0. The van der Waals surface area contributed by atoms with Gasteiger partial charge in [0, 0.05) is 24.4 Å². The third-order valence-corrected chi connectivity index (χ3v) is 5.42. The number of carbonyl (C=O) groups excluding carboxylic acids is 1. The average Bonchev–Trinajstić information content (AvgIpc) is 3.17. The standard InChI is InChI=1S/C20H27N3O4/c1-12(2)18(19(24)25-3)17-9-16(23-27-17)14-7-5-13(6-8-14)15-10-21-20(26-4)22-11-15/h9-14,18H,5-8H2,1-4H3. The largest absolute Gasteiger partial charge is 0.468 e. The highest BCUT2D eigenvalue weighted by molar-refractivity contribution is 5.77. The fourth-order valence-electron chi connectivity index (χ4n) is 3.85.